The van der Waals surface area contributed by atoms with E-state index in [4.69, 9.17) is 9.47 Å². The van der Waals surface area contributed by atoms with Crippen LogP contribution in [0, 0.1) is 6.92 Å². The number of carbonyl (C=O) groups is 1. The Morgan fingerprint density at radius 3 is 2.70 bits per heavy atom. The van der Waals surface area contributed by atoms with Crippen molar-refractivity contribution in [1.29, 1.82) is 0 Å². The quantitative estimate of drug-likeness (QED) is 0.842. The minimum atomic E-state index is -0.117. The van der Waals surface area contributed by atoms with E-state index < -0.39 is 0 Å². The number of hydrogen-bond acceptors (Lipinski definition) is 4. The third kappa shape index (κ3) is 4.42. The number of methoxy groups -OCH3 is 1. The fourth-order valence-corrected chi connectivity index (χ4v) is 3.17. The molecule has 0 aromatic heterocycles. The molecule has 2 aromatic carbocycles. The summed E-state index contributed by atoms with van der Waals surface area (Å²) in [5.41, 5.74) is 4.55. The molecule has 1 atom stereocenters. The maximum atomic E-state index is 12.7. The van der Waals surface area contributed by atoms with Crippen molar-refractivity contribution in [2.75, 3.05) is 31.0 Å². The van der Waals surface area contributed by atoms with Crippen LogP contribution < -0.4 is 15.4 Å². The van der Waals surface area contributed by atoms with Crippen LogP contribution >= 0.6 is 0 Å². The number of ether oxygens (including phenoxy) is 2. The zero-order valence-electron chi connectivity index (χ0n) is 16.7. The third-order valence-corrected chi connectivity index (χ3v) is 4.74. The number of carbonyl (C=O) groups excluding carboxylic acids is 1. The normalized spacial score (nSPS) is 16.1. The first-order valence-corrected chi connectivity index (χ1v) is 9.23. The summed E-state index contributed by atoms with van der Waals surface area (Å²) in [5.74, 6) is 0.619. The summed E-state index contributed by atoms with van der Waals surface area (Å²) in [6.45, 7) is 9.59. The second-order valence-corrected chi connectivity index (χ2v) is 8.05. The van der Waals surface area contributed by atoms with Gasteiger partial charge in [0, 0.05) is 24.4 Å². The third-order valence-electron chi connectivity index (χ3n) is 4.74. The molecule has 0 bridgehead atoms. The van der Waals surface area contributed by atoms with E-state index in [-0.39, 0.29) is 17.4 Å². The molecule has 0 aliphatic carbocycles. The fourth-order valence-electron chi connectivity index (χ4n) is 3.17. The molecule has 5 nitrogen and oxygen atoms in total. The number of amides is 1. The Hall–Kier alpha value is -2.53. The van der Waals surface area contributed by atoms with Crippen LogP contribution in [0.2, 0.25) is 0 Å². The molecule has 27 heavy (non-hydrogen) atoms. The summed E-state index contributed by atoms with van der Waals surface area (Å²) in [6, 6.07) is 11.8. The van der Waals surface area contributed by atoms with Crippen LogP contribution in [0.3, 0.4) is 0 Å². The van der Waals surface area contributed by atoms with E-state index in [1.807, 2.05) is 37.3 Å². The molecule has 0 fully saturated rings. The highest BCUT2D eigenvalue weighted by atomic mass is 16.5. The lowest BCUT2D eigenvalue weighted by molar-refractivity contribution is 0.102. The summed E-state index contributed by atoms with van der Waals surface area (Å²) < 4.78 is 11.0. The SMILES string of the molecule is COC[C@@H]1COc2cc(NC(=O)c3ccc(C(C)(C)C)cc3C)ccc2N1. The first kappa shape index (κ1) is 19.2. The number of anilines is 2. The van der Waals surface area contributed by atoms with Crippen LogP contribution in [0.15, 0.2) is 36.4 Å². The molecule has 0 saturated carbocycles. The highest BCUT2D eigenvalue weighted by Crippen LogP contribution is 2.32. The first-order valence-electron chi connectivity index (χ1n) is 9.23. The predicted octanol–water partition coefficient (Wildman–Crippen LogP) is 4.36. The number of hydrogen-bond donors (Lipinski definition) is 2. The van der Waals surface area contributed by atoms with Crippen LogP contribution in [0.4, 0.5) is 11.4 Å². The lowest BCUT2D eigenvalue weighted by atomic mass is 9.85. The molecule has 1 aliphatic heterocycles. The average molecular weight is 368 g/mol. The van der Waals surface area contributed by atoms with Gasteiger partial charge < -0.3 is 20.1 Å². The number of benzene rings is 2. The second kappa shape index (κ2) is 7.61. The van der Waals surface area contributed by atoms with Gasteiger partial charge in [-0.3, -0.25) is 4.79 Å². The zero-order chi connectivity index (χ0) is 19.6. The standard InChI is InChI=1S/C22H28N2O3/c1-14-10-15(22(2,3)4)6-8-18(14)21(25)24-16-7-9-19-20(11-16)27-13-17(23-19)12-26-5/h6-11,17,23H,12-13H2,1-5H3,(H,24,25)/t17-/m1/s1. The van der Waals surface area contributed by atoms with E-state index in [1.165, 1.54) is 5.56 Å². The molecule has 0 unspecified atom stereocenters. The molecule has 2 aromatic rings. The van der Waals surface area contributed by atoms with Crippen LogP contribution in [0.1, 0.15) is 42.3 Å². The van der Waals surface area contributed by atoms with Gasteiger partial charge in [0.15, 0.2) is 0 Å². The Bertz CT molecular complexity index is 840. The molecule has 1 heterocycles. The second-order valence-electron chi connectivity index (χ2n) is 8.05. The van der Waals surface area contributed by atoms with Gasteiger partial charge in [0.2, 0.25) is 0 Å². The van der Waals surface area contributed by atoms with Crippen LogP contribution in [-0.4, -0.2) is 32.3 Å². The molecule has 0 radical (unpaired) electrons. The predicted molar refractivity (Wildman–Crippen MR) is 109 cm³/mol. The van der Waals surface area contributed by atoms with E-state index in [1.54, 1.807) is 7.11 Å². The van der Waals surface area contributed by atoms with E-state index in [9.17, 15) is 4.79 Å². The van der Waals surface area contributed by atoms with Gasteiger partial charge in [0.25, 0.3) is 5.91 Å². The molecule has 2 N–H and O–H groups in total. The highest BCUT2D eigenvalue weighted by molar-refractivity contribution is 6.05. The summed E-state index contributed by atoms with van der Waals surface area (Å²) in [6.07, 6.45) is 0. The fraction of sp³-hybridized carbons (Fsp3) is 0.409. The lowest BCUT2D eigenvalue weighted by Gasteiger charge is -2.27. The number of rotatable bonds is 4. The zero-order valence-corrected chi connectivity index (χ0v) is 16.7. The van der Waals surface area contributed by atoms with Gasteiger partial charge in [-0.25, -0.2) is 0 Å². The van der Waals surface area contributed by atoms with E-state index in [0.717, 1.165) is 17.0 Å². The van der Waals surface area contributed by atoms with Crippen molar-refractivity contribution in [3.8, 4) is 5.75 Å². The Morgan fingerprint density at radius 1 is 1.26 bits per heavy atom. The minimum Gasteiger partial charge on any atom is -0.489 e. The molecule has 0 spiro atoms. The minimum absolute atomic E-state index is 0.0588. The Balaban J connectivity index is 1.74. The van der Waals surface area contributed by atoms with Crippen molar-refractivity contribution in [1.82, 2.24) is 0 Å². The Kier molecular flexibility index (Phi) is 5.42. The van der Waals surface area contributed by atoms with Gasteiger partial charge >= 0.3 is 0 Å². The Morgan fingerprint density at radius 2 is 2.04 bits per heavy atom. The van der Waals surface area contributed by atoms with Gasteiger partial charge in [-0.05, 0) is 41.7 Å². The van der Waals surface area contributed by atoms with Crippen molar-refractivity contribution in [2.45, 2.75) is 39.2 Å². The summed E-state index contributed by atoms with van der Waals surface area (Å²) in [7, 11) is 1.67. The highest BCUT2D eigenvalue weighted by Gasteiger charge is 2.20. The number of aryl methyl sites for hydroxylation is 1. The smallest absolute Gasteiger partial charge is 0.255 e. The van der Waals surface area contributed by atoms with Crippen molar-refractivity contribution in [3.05, 3.63) is 53.1 Å². The maximum absolute atomic E-state index is 12.7. The molecule has 1 amide bonds. The van der Waals surface area contributed by atoms with Gasteiger partial charge in [-0.15, -0.1) is 0 Å². The van der Waals surface area contributed by atoms with Gasteiger partial charge in [-0.2, -0.15) is 0 Å². The lowest BCUT2D eigenvalue weighted by Crippen LogP contribution is -2.35. The van der Waals surface area contributed by atoms with Gasteiger partial charge in [0.1, 0.15) is 12.4 Å². The van der Waals surface area contributed by atoms with Crippen molar-refractivity contribution >= 4 is 17.3 Å². The average Bonchev–Trinajstić information content (AvgIpc) is 2.61. The van der Waals surface area contributed by atoms with Crippen LogP contribution in [0.5, 0.6) is 5.75 Å². The van der Waals surface area contributed by atoms with Crippen LogP contribution in [0.25, 0.3) is 0 Å². The molecule has 144 valence electrons. The van der Waals surface area contributed by atoms with Gasteiger partial charge in [-0.1, -0.05) is 32.9 Å². The van der Waals surface area contributed by atoms with Crippen molar-refractivity contribution in [2.24, 2.45) is 0 Å². The molecular weight excluding hydrogens is 340 g/mol. The topological polar surface area (TPSA) is 59.6 Å². The van der Waals surface area contributed by atoms with E-state index >= 15 is 0 Å². The van der Waals surface area contributed by atoms with Gasteiger partial charge in [0.05, 0.1) is 18.3 Å². The Labute approximate surface area is 161 Å². The maximum Gasteiger partial charge on any atom is 0.255 e. The summed E-state index contributed by atoms with van der Waals surface area (Å²) in [5, 5.41) is 6.35. The summed E-state index contributed by atoms with van der Waals surface area (Å²) in [4.78, 5) is 12.7. The molecule has 0 saturated heterocycles. The monoisotopic (exact) mass is 368 g/mol. The molecule has 1 aliphatic rings. The molecule has 5 heteroatoms. The van der Waals surface area contributed by atoms with E-state index in [2.05, 4.69) is 37.5 Å². The number of nitrogens with one attached hydrogen (secondary N) is 2. The first-order chi connectivity index (χ1) is 12.8. The van der Waals surface area contributed by atoms with Crippen LogP contribution in [-0.2, 0) is 10.2 Å². The molecular formula is C22H28N2O3. The van der Waals surface area contributed by atoms with Crippen molar-refractivity contribution < 1.29 is 14.3 Å². The molecule has 3 rings (SSSR count). The van der Waals surface area contributed by atoms with Crippen molar-refractivity contribution in [3.63, 3.8) is 0 Å². The summed E-state index contributed by atoms with van der Waals surface area (Å²) >= 11 is 0. The largest absolute Gasteiger partial charge is 0.489 e. The number of fused-ring (bicyclic) bond motifs is 1. The van der Waals surface area contributed by atoms with E-state index in [0.29, 0.717) is 24.5 Å².